The average molecular weight is 330 g/mol. The van der Waals surface area contributed by atoms with Crippen molar-refractivity contribution >= 4 is 17.7 Å². The third kappa shape index (κ3) is 5.08. The molecule has 0 atom stereocenters. The van der Waals surface area contributed by atoms with Crippen LogP contribution in [0.4, 0.5) is 11.8 Å². The normalized spacial score (nSPS) is 10.1. The molecule has 8 heteroatoms. The zero-order chi connectivity index (χ0) is 17.4. The van der Waals surface area contributed by atoms with Crippen molar-refractivity contribution in [2.24, 2.45) is 0 Å². The first kappa shape index (κ1) is 17.5. The number of hydrogen-bond acceptors (Lipinski definition) is 7. The van der Waals surface area contributed by atoms with E-state index in [0.717, 1.165) is 18.1 Å². The highest BCUT2D eigenvalue weighted by atomic mass is 16.5. The second kappa shape index (κ2) is 8.66. The van der Waals surface area contributed by atoms with Gasteiger partial charge in [0.05, 0.1) is 12.7 Å². The number of amides is 1. The van der Waals surface area contributed by atoms with Gasteiger partial charge in [-0.3, -0.25) is 4.79 Å². The fourth-order valence-electron chi connectivity index (χ4n) is 2.00. The SMILES string of the molecule is CCNc1nc(C)cc(NCCNC(=O)c2ccc(OC)nc2)n1. The molecule has 0 fully saturated rings. The lowest BCUT2D eigenvalue weighted by molar-refractivity contribution is 0.0954. The van der Waals surface area contributed by atoms with E-state index in [1.807, 2.05) is 19.9 Å². The number of nitrogens with zero attached hydrogens (tertiary/aromatic N) is 3. The third-order valence-electron chi connectivity index (χ3n) is 3.11. The number of rotatable bonds is 8. The maximum atomic E-state index is 12.0. The topological polar surface area (TPSA) is 101 Å². The highest BCUT2D eigenvalue weighted by Gasteiger charge is 2.06. The molecule has 0 aliphatic heterocycles. The summed E-state index contributed by atoms with van der Waals surface area (Å²) in [6, 6.07) is 5.18. The summed E-state index contributed by atoms with van der Waals surface area (Å²) in [4.78, 5) is 24.6. The van der Waals surface area contributed by atoms with Crippen LogP contribution in [0.25, 0.3) is 0 Å². The van der Waals surface area contributed by atoms with E-state index in [-0.39, 0.29) is 5.91 Å². The van der Waals surface area contributed by atoms with Gasteiger partial charge in [0.25, 0.3) is 5.91 Å². The number of aromatic nitrogens is 3. The molecular weight excluding hydrogens is 308 g/mol. The number of carbonyl (C=O) groups is 1. The Kier molecular flexibility index (Phi) is 6.30. The lowest BCUT2D eigenvalue weighted by Gasteiger charge is -2.10. The molecule has 128 valence electrons. The lowest BCUT2D eigenvalue weighted by atomic mass is 10.2. The van der Waals surface area contributed by atoms with Gasteiger partial charge in [-0.2, -0.15) is 4.98 Å². The van der Waals surface area contributed by atoms with Gasteiger partial charge in [-0.15, -0.1) is 0 Å². The molecule has 2 aromatic rings. The Morgan fingerprint density at radius 2 is 2.04 bits per heavy atom. The van der Waals surface area contributed by atoms with Crippen molar-refractivity contribution in [3.63, 3.8) is 0 Å². The molecule has 0 aliphatic rings. The minimum atomic E-state index is -0.181. The van der Waals surface area contributed by atoms with Gasteiger partial charge in [-0.25, -0.2) is 9.97 Å². The van der Waals surface area contributed by atoms with Crippen LogP contribution in [-0.2, 0) is 0 Å². The number of carbonyl (C=O) groups excluding carboxylic acids is 1. The molecule has 0 aromatic carbocycles. The van der Waals surface area contributed by atoms with Gasteiger partial charge < -0.3 is 20.7 Å². The quantitative estimate of drug-likeness (QED) is 0.630. The van der Waals surface area contributed by atoms with Gasteiger partial charge in [-0.05, 0) is 19.9 Å². The molecule has 0 saturated heterocycles. The van der Waals surface area contributed by atoms with E-state index in [1.165, 1.54) is 13.3 Å². The van der Waals surface area contributed by atoms with Crippen LogP contribution in [0.2, 0.25) is 0 Å². The van der Waals surface area contributed by atoms with E-state index in [9.17, 15) is 4.79 Å². The van der Waals surface area contributed by atoms with Crippen molar-refractivity contribution in [2.75, 3.05) is 37.4 Å². The number of hydrogen-bond donors (Lipinski definition) is 3. The average Bonchev–Trinajstić information content (AvgIpc) is 2.58. The van der Waals surface area contributed by atoms with Crippen LogP contribution in [-0.4, -0.2) is 47.6 Å². The van der Waals surface area contributed by atoms with E-state index in [1.54, 1.807) is 12.1 Å². The summed E-state index contributed by atoms with van der Waals surface area (Å²) < 4.78 is 4.96. The molecule has 0 aliphatic carbocycles. The summed E-state index contributed by atoms with van der Waals surface area (Å²) >= 11 is 0. The molecule has 1 amide bonds. The number of pyridine rings is 1. The lowest BCUT2D eigenvalue weighted by Crippen LogP contribution is -2.29. The van der Waals surface area contributed by atoms with Crippen molar-refractivity contribution in [3.05, 3.63) is 35.7 Å². The molecule has 2 rings (SSSR count). The second-order valence-corrected chi connectivity index (χ2v) is 5.02. The molecule has 24 heavy (non-hydrogen) atoms. The fourth-order valence-corrected chi connectivity index (χ4v) is 2.00. The van der Waals surface area contributed by atoms with Crippen LogP contribution in [0.1, 0.15) is 23.0 Å². The van der Waals surface area contributed by atoms with E-state index in [2.05, 4.69) is 30.9 Å². The maximum absolute atomic E-state index is 12.0. The van der Waals surface area contributed by atoms with Crippen molar-refractivity contribution in [1.29, 1.82) is 0 Å². The molecule has 0 unspecified atom stereocenters. The Hall–Kier alpha value is -2.90. The van der Waals surface area contributed by atoms with Crippen LogP contribution in [0, 0.1) is 6.92 Å². The number of ether oxygens (including phenoxy) is 1. The van der Waals surface area contributed by atoms with Gasteiger partial charge in [0.1, 0.15) is 5.82 Å². The van der Waals surface area contributed by atoms with Gasteiger partial charge >= 0.3 is 0 Å². The molecule has 3 N–H and O–H groups in total. The van der Waals surface area contributed by atoms with Crippen LogP contribution in [0.15, 0.2) is 24.4 Å². The molecule has 0 bridgehead atoms. The minimum absolute atomic E-state index is 0.181. The van der Waals surface area contributed by atoms with Crippen LogP contribution in [0.3, 0.4) is 0 Å². The molecule has 2 heterocycles. The Labute approximate surface area is 141 Å². The zero-order valence-corrected chi connectivity index (χ0v) is 14.1. The van der Waals surface area contributed by atoms with Gasteiger partial charge in [0.15, 0.2) is 0 Å². The first-order valence-electron chi connectivity index (χ1n) is 7.74. The summed E-state index contributed by atoms with van der Waals surface area (Å²) in [5, 5.41) is 9.07. The van der Waals surface area contributed by atoms with Crippen LogP contribution >= 0.6 is 0 Å². The summed E-state index contributed by atoms with van der Waals surface area (Å²) in [7, 11) is 1.53. The van der Waals surface area contributed by atoms with Crippen molar-refractivity contribution in [1.82, 2.24) is 20.3 Å². The first-order valence-corrected chi connectivity index (χ1v) is 7.74. The number of nitrogens with one attached hydrogen (secondary N) is 3. The second-order valence-electron chi connectivity index (χ2n) is 5.02. The summed E-state index contributed by atoms with van der Waals surface area (Å²) in [6.07, 6.45) is 1.48. The summed E-state index contributed by atoms with van der Waals surface area (Å²) in [5.41, 5.74) is 1.36. The Morgan fingerprint density at radius 3 is 2.71 bits per heavy atom. The largest absolute Gasteiger partial charge is 0.481 e. The smallest absolute Gasteiger partial charge is 0.252 e. The molecule has 0 radical (unpaired) electrons. The van der Waals surface area contributed by atoms with Crippen molar-refractivity contribution < 1.29 is 9.53 Å². The molecule has 0 saturated carbocycles. The summed E-state index contributed by atoms with van der Waals surface area (Å²) in [6.45, 7) is 5.67. The standard InChI is InChI=1S/C16H22N6O2/c1-4-17-16-21-11(2)9-13(22-16)18-7-8-19-15(23)12-5-6-14(24-3)20-10-12/h5-6,9-10H,4,7-8H2,1-3H3,(H,19,23)(H2,17,18,21,22). The van der Waals surface area contributed by atoms with Crippen LogP contribution in [0.5, 0.6) is 5.88 Å². The third-order valence-corrected chi connectivity index (χ3v) is 3.11. The van der Waals surface area contributed by atoms with E-state index in [4.69, 9.17) is 4.74 Å². The van der Waals surface area contributed by atoms with E-state index in [0.29, 0.717) is 30.5 Å². The van der Waals surface area contributed by atoms with Crippen molar-refractivity contribution in [3.8, 4) is 5.88 Å². The van der Waals surface area contributed by atoms with E-state index >= 15 is 0 Å². The number of aryl methyl sites for hydroxylation is 1. The number of anilines is 2. The Morgan fingerprint density at radius 1 is 1.21 bits per heavy atom. The monoisotopic (exact) mass is 330 g/mol. The van der Waals surface area contributed by atoms with Gasteiger partial charge in [-0.1, -0.05) is 0 Å². The predicted octanol–water partition coefficient (Wildman–Crippen LogP) is 1.46. The van der Waals surface area contributed by atoms with Crippen molar-refractivity contribution in [2.45, 2.75) is 13.8 Å². The Balaban J connectivity index is 1.80. The minimum Gasteiger partial charge on any atom is -0.481 e. The van der Waals surface area contributed by atoms with E-state index < -0.39 is 0 Å². The maximum Gasteiger partial charge on any atom is 0.252 e. The molecule has 0 spiro atoms. The predicted molar refractivity (Wildman–Crippen MR) is 92.5 cm³/mol. The molecular formula is C16H22N6O2. The first-order chi connectivity index (χ1) is 11.6. The fraction of sp³-hybridized carbons (Fsp3) is 0.375. The highest BCUT2D eigenvalue weighted by molar-refractivity contribution is 5.93. The van der Waals surface area contributed by atoms with Gasteiger partial charge in [0, 0.05) is 43.7 Å². The molecule has 8 nitrogen and oxygen atoms in total. The van der Waals surface area contributed by atoms with Crippen LogP contribution < -0.4 is 20.7 Å². The Bertz CT molecular complexity index is 675. The molecule has 2 aromatic heterocycles. The van der Waals surface area contributed by atoms with Gasteiger partial charge in [0.2, 0.25) is 11.8 Å². The highest BCUT2D eigenvalue weighted by Crippen LogP contribution is 2.09. The zero-order valence-electron chi connectivity index (χ0n) is 14.1. The number of methoxy groups -OCH3 is 1. The summed E-state index contributed by atoms with van der Waals surface area (Å²) in [5.74, 6) is 1.61.